The zero-order valence-electron chi connectivity index (χ0n) is 17.4. The molecule has 1 aromatic rings. The topological polar surface area (TPSA) is 96.5 Å². The van der Waals surface area contributed by atoms with E-state index >= 15 is 0 Å². The minimum absolute atomic E-state index is 0.0674. The number of halogens is 2. The minimum Gasteiger partial charge on any atom is -0.467 e. The number of amides is 3. The second-order valence-electron chi connectivity index (χ2n) is 9.18. The van der Waals surface area contributed by atoms with Crippen LogP contribution in [0.5, 0.6) is 0 Å². The van der Waals surface area contributed by atoms with Gasteiger partial charge in [-0.25, -0.2) is 9.59 Å². The highest BCUT2D eigenvalue weighted by Gasteiger charge is 2.51. The first-order valence-electron chi connectivity index (χ1n) is 10.7. The molecule has 1 aromatic carbocycles. The second kappa shape index (κ2) is 8.87. The summed E-state index contributed by atoms with van der Waals surface area (Å²) in [4.78, 5) is 37.5. The quantitative estimate of drug-likeness (QED) is 0.557. The number of rotatable bonds is 6. The van der Waals surface area contributed by atoms with Crippen molar-refractivity contribution < 1.29 is 19.1 Å². The third-order valence-corrected chi connectivity index (χ3v) is 7.49. The van der Waals surface area contributed by atoms with E-state index in [1.165, 1.54) is 38.5 Å². The van der Waals surface area contributed by atoms with Gasteiger partial charge < -0.3 is 20.7 Å². The molecule has 9 heteroatoms. The van der Waals surface area contributed by atoms with Crippen molar-refractivity contribution >= 4 is 41.1 Å². The smallest absolute Gasteiger partial charge is 0.330 e. The van der Waals surface area contributed by atoms with Crippen LogP contribution in [0, 0.1) is 17.8 Å². The highest BCUT2D eigenvalue weighted by Crippen LogP contribution is 2.55. The van der Waals surface area contributed by atoms with Crippen LogP contribution in [0.1, 0.15) is 48.9 Å². The molecule has 3 amide bonds. The number of nitrogens with one attached hydrogen (secondary N) is 3. The fourth-order valence-corrected chi connectivity index (χ4v) is 6.59. The number of ether oxygens (including phenoxy) is 1. The summed E-state index contributed by atoms with van der Waals surface area (Å²) in [6.07, 6.45) is 6.91. The van der Waals surface area contributed by atoms with Gasteiger partial charge in [-0.3, -0.25) is 4.79 Å². The summed E-state index contributed by atoms with van der Waals surface area (Å²) in [5.74, 6) is 0.818. The first-order chi connectivity index (χ1) is 14.8. The molecule has 0 spiro atoms. The van der Waals surface area contributed by atoms with Crippen LogP contribution in [0.15, 0.2) is 18.2 Å². The number of methoxy groups -OCH3 is 1. The lowest BCUT2D eigenvalue weighted by molar-refractivity contribution is -0.142. The summed E-state index contributed by atoms with van der Waals surface area (Å²) in [7, 11) is 1.22. The molecule has 0 aromatic heterocycles. The lowest BCUT2D eigenvalue weighted by Crippen LogP contribution is -2.62. The van der Waals surface area contributed by atoms with E-state index in [1.54, 1.807) is 6.07 Å². The van der Waals surface area contributed by atoms with Gasteiger partial charge in [0.2, 0.25) is 0 Å². The molecule has 0 saturated heterocycles. The highest BCUT2D eigenvalue weighted by molar-refractivity contribution is 6.39. The summed E-state index contributed by atoms with van der Waals surface area (Å²) in [5.41, 5.74) is -0.0775. The Morgan fingerprint density at radius 1 is 1.06 bits per heavy atom. The third kappa shape index (κ3) is 4.77. The van der Waals surface area contributed by atoms with Crippen molar-refractivity contribution in [1.29, 1.82) is 0 Å². The first kappa shape index (κ1) is 22.2. The van der Waals surface area contributed by atoms with Gasteiger partial charge in [0.15, 0.2) is 0 Å². The standard InChI is InChI=1S/C22H27Cl2N3O4/c1-31-20(29)17(26-19(28)18-15(23)3-2-4-16(18)24)11-25-21(30)27-22-8-12-5-13(9-22)7-14(6-12)10-22/h2-4,12-14,17H,5-11H2,1H3,(H,26,28)(H2,25,27,30)/t12?,13?,14?,17-,22?/m0/s1. The van der Waals surface area contributed by atoms with E-state index in [2.05, 4.69) is 16.0 Å². The molecular formula is C22H27Cl2N3O4. The Morgan fingerprint density at radius 3 is 2.13 bits per heavy atom. The number of esters is 1. The van der Waals surface area contributed by atoms with Crippen LogP contribution in [0.4, 0.5) is 4.79 Å². The maximum atomic E-state index is 12.7. The fraction of sp³-hybridized carbons (Fsp3) is 0.591. The van der Waals surface area contributed by atoms with Gasteiger partial charge in [0.1, 0.15) is 6.04 Å². The Hall–Kier alpha value is -1.99. The van der Waals surface area contributed by atoms with E-state index in [0.717, 1.165) is 19.3 Å². The summed E-state index contributed by atoms with van der Waals surface area (Å²) in [5, 5.41) is 8.80. The molecule has 168 valence electrons. The van der Waals surface area contributed by atoms with Gasteiger partial charge >= 0.3 is 12.0 Å². The molecule has 1 atom stereocenters. The van der Waals surface area contributed by atoms with Crippen LogP contribution in [0.25, 0.3) is 0 Å². The molecule has 4 fully saturated rings. The molecule has 4 bridgehead atoms. The van der Waals surface area contributed by atoms with E-state index < -0.39 is 17.9 Å². The van der Waals surface area contributed by atoms with Gasteiger partial charge in [-0.2, -0.15) is 0 Å². The Kier molecular flexibility index (Phi) is 6.35. The lowest BCUT2D eigenvalue weighted by atomic mass is 9.53. The van der Waals surface area contributed by atoms with Gasteiger partial charge in [0, 0.05) is 5.54 Å². The van der Waals surface area contributed by atoms with Crippen LogP contribution in [-0.2, 0) is 9.53 Å². The molecule has 0 heterocycles. The maximum absolute atomic E-state index is 12.7. The van der Waals surface area contributed by atoms with Crippen molar-refractivity contribution in [2.45, 2.75) is 50.1 Å². The second-order valence-corrected chi connectivity index (χ2v) is 9.99. The van der Waals surface area contributed by atoms with Crippen LogP contribution >= 0.6 is 23.2 Å². The van der Waals surface area contributed by atoms with E-state index in [1.807, 2.05) is 0 Å². The normalized spacial score (nSPS) is 29.2. The predicted molar refractivity (Wildman–Crippen MR) is 117 cm³/mol. The Balaban J connectivity index is 1.37. The first-order valence-corrected chi connectivity index (χ1v) is 11.4. The number of hydrogen-bond donors (Lipinski definition) is 3. The molecule has 4 aliphatic carbocycles. The molecule has 0 aliphatic heterocycles. The van der Waals surface area contributed by atoms with Crippen LogP contribution in [0.3, 0.4) is 0 Å². The predicted octanol–water partition coefficient (Wildman–Crippen LogP) is 3.53. The monoisotopic (exact) mass is 467 g/mol. The van der Waals surface area contributed by atoms with Crippen molar-refractivity contribution in [2.24, 2.45) is 17.8 Å². The highest BCUT2D eigenvalue weighted by atomic mass is 35.5. The molecule has 0 radical (unpaired) electrons. The molecular weight excluding hydrogens is 441 g/mol. The minimum atomic E-state index is -1.08. The third-order valence-electron chi connectivity index (χ3n) is 6.86. The number of carbonyl (C=O) groups excluding carboxylic acids is 3. The van der Waals surface area contributed by atoms with Gasteiger partial charge in [-0.15, -0.1) is 0 Å². The summed E-state index contributed by atoms with van der Waals surface area (Å²) in [6.45, 7) is -0.112. The number of carbonyl (C=O) groups is 3. The van der Waals surface area contributed by atoms with E-state index in [-0.39, 0.29) is 33.7 Å². The fourth-order valence-electron chi connectivity index (χ4n) is 6.02. The summed E-state index contributed by atoms with van der Waals surface area (Å²) in [6, 6.07) is 3.28. The Bertz CT molecular complexity index is 836. The average Bonchev–Trinajstić information content (AvgIpc) is 2.69. The van der Waals surface area contributed by atoms with Gasteiger partial charge in [0.25, 0.3) is 5.91 Å². The molecule has 5 rings (SSSR count). The maximum Gasteiger partial charge on any atom is 0.330 e. The van der Waals surface area contributed by atoms with E-state index in [0.29, 0.717) is 17.8 Å². The van der Waals surface area contributed by atoms with Gasteiger partial charge in [-0.05, 0) is 68.4 Å². The zero-order chi connectivity index (χ0) is 22.2. The van der Waals surface area contributed by atoms with E-state index in [9.17, 15) is 14.4 Å². The Labute approximate surface area is 191 Å². The van der Waals surface area contributed by atoms with Crippen molar-refractivity contribution in [1.82, 2.24) is 16.0 Å². The average molecular weight is 468 g/mol. The van der Waals surface area contributed by atoms with Crippen molar-refractivity contribution in [3.05, 3.63) is 33.8 Å². The molecule has 3 N–H and O–H groups in total. The van der Waals surface area contributed by atoms with Crippen LogP contribution < -0.4 is 16.0 Å². The van der Waals surface area contributed by atoms with Crippen LogP contribution in [-0.4, -0.2) is 43.1 Å². The molecule has 7 nitrogen and oxygen atoms in total. The van der Waals surface area contributed by atoms with Gasteiger partial charge in [0.05, 0.1) is 29.3 Å². The van der Waals surface area contributed by atoms with Crippen LogP contribution in [0.2, 0.25) is 10.0 Å². The largest absolute Gasteiger partial charge is 0.467 e. The van der Waals surface area contributed by atoms with Crippen molar-refractivity contribution in [2.75, 3.05) is 13.7 Å². The van der Waals surface area contributed by atoms with Crippen molar-refractivity contribution in [3.8, 4) is 0 Å². The molecule has 4 aliphatic rings. The van der Waals surface area contributed by atoms with E-state index in [4.69, 9.17) is 27.9 Å². The molecule has 31 heavy (non-hydrogen) atoms. The van der Waals surface area contributed by atoms with Crippen molar-refractivity contribution in [3.63, 3.8) is 0 Å². The SMILES string of the molecule is COC(=O)[C@H](CNC(=O)NC12CC3CC(CC(C3)C1)C2)NC(=O)c1c(Cl)cccc1Cl. The number of benzene rings is 1. The van der Waals surface area contributed by atoms with Gasteiger partial charge in [-0.1, -0.05) is 29.3 Å². The number of hydrogen-bond acceptors (Lipinski definition) is 4. The summed E-state index contributed by atoms with van der Waals surface area (Å²) >= 11 is 12.2. The molecule has 0 unspecified atom stereocenters. The zero-order valence-corrected chi connectivity index (χ0v) is 18.9. The summed E-state index contributed by atoms with van der Waals surface area (Å²) < 4.78 is 4.78. The molecule has 4 saturated carbocycles. The Morgan fingerprint density at radius 2 is 1.61 bits per heavy atom. The lowest BCUT2D eigenvalue weighted by Gasteiger charge is -2.56. The number of urea groups is 1.